The van der Waals surface area contributed by atoms with Gasteiger partial charge in [-0.1, -0.05) is 26.2 Å². The fourth-order valence-corrected chi connectivity index (χ4v) is 3.65. The number of hydrogen-bond donors (Lipinski definition) is 1. The van der Waals surface area contributed by atoms with Gasteiger partial charge in [-0.15, -0.1) is 0 Å². The van der Waals surface area contributed by atoms with Crippen LogP contribution in [-0.4, -0.2) is 18.6 Å². The van der Waals surface area contributed by atoms with E-state index in [-0.39, 0.29) is 0 Å². The van der Waals surface area contributed by atoms with Crippen LogP contribution in [0.5, 0.6) is 0 Å². The van der Waals surface area contributed by atoms with E-state index in [1.807, 2.05) is 11.8 Å². The minimum Gasteiger partial charge on any atom is -0.330 e. The van der Waals surface area contributed by atoms with Gasteiger partial charge in [-0.3, -0.25) is 0 Å². The molecule has 0 unspecified atom stereocenters. The van der Waals surface area contributed by atoms with Crippen molar-refractivity contribution in [2.45, 2.75) is 64.7 Å². The summed E-state index contributed by atoms with van der Waals surface area (Å²) in [6.45, 7) is 3.22. The van der Waals surface area contributed by atoms with Crippen molar-refractivity contribution in [1.82, 2.24) is 0 Å². The van der Waals surface area contributed by atoms with Crippen LogP contribution in [0.3, 0.4) is 0 Å². The molecule has 0 saturated heterocycles. The van der Waals surface area contributed by atoms with E-state index < -0.39 is 0 Å². The number of hydrogen-bond acceptors (Lipinski definition) is 2. The van der Waals surface area contributed by atoms with Gasteiger partial charge in [-0.05, 0) is 68.4 Å². The number of thioether (sulfide) groups is 1. The summed E-state index contributed by atoms with van der Waals surface area (Å²) in [4.78, 5) is 0. The lowest BCUT2D eigenvalue weighted by Crippen LogP contribution is -2.35. The summed E-state index contributed by atoms with van der Waals surface area (Å²) in [5.41, 5.74) is 6.57. The van der Waals surface area contributed by atoms with Gasteiger partial charge < -0.3 is 5.73 Å². The quantitative estimate of drug-likeness (QED) is 0.650. The van der Waals surface area contributed by atoms with Gasteiger partial charge in [0.25, 0.3) is 0 Å². The summed E-state index contributed by atoms with van der Waals surface area (Å²) in [6, 6.07) is 0. The molecule has 1 aliphatic carbocycles. The third-order valence-corrected chi connectivity index (χ3v) is 5.32. The molecule has 2 N–H and O–H groups in total. The van der Waals surface area contributed by atoms with E-state index in [0.29, 0.717) is 5.41 Å². The molecule has 17 heavy (non-hydrogen) atoms. The van der Waals surface area contributed by atoms with E-state index in [0.717, 1.165) is 12.5 Å². The Balaban J connectivity index is 2.29. The van der Waals surface area contributed by atoms with Gasteiger partial charge in [0.05, 0.1) is 0 Å². The average molecular weight is 257 g/mol. The molecular formula is C15H31NS. The van der Waals surface area contributed by atoms with Crippen molar-refractivity contribution < 1.29 is 0 Å². The molecule has 1 nitrogen and oxygen atoms in total. The summed E-state index contributed by atoms with van der Waals surface area (Å²) in [5, 5.41) is 0. The Morgan fingerprint density at radius 1 is 1.24 bits per heavy atom. The number of unbranched alkanes of at least 4 members (excludes halogenated alkanes) is 1. The zero-order chi connectivity index (χ0) is 12.6. The lowest BCUT2D eigenvalue weighted by Gasteiger charge is -2.39. The van der Waals surface area contributed by atoms with Crippen molar-refractivity contribution in [3.05, 3.63) is 0 Å². The predicted octanol–water partition coefficient (Wildman–Crippen LogP) is 4.46. The first-order valence-corrected chi connectivity index (χ1v) is 8.85. The lowest BCUT2D eigenvalue weighted by molar-refractivity contribution is 0.138. The lowest BCUT2D eigenvalue weighted by atomic mass is 9.67. The van der Waals surface area contributed by atoms with Crippen LogP contribution in [0.1, 0.15) is 64.7 Å². The third kappa shape index (κ3) is 5.21. The molecule has 0 aromatic rings. The van der Waals surface area contributed by atoms with Crippen LogP contribution in [0.25, 0.3) is 0 Å². The zero-order valence-electron chi connectivity index (χ0n) is 11.8. The first-order valence-electron chi connectivity index (χ1n) is 7.45. The van der Waals surface area contributed by atoms with E-state index in [4.69, 9.17) is 5.73 Å². The van der Waals surface area contributed by atoms with E-state index in [1.165, 1.54) is 63.5 Å². The fraction of sp³-hybridized carbons (Fsp3) is 1.00. The van der Waals surface area contributed by atoms with Crippen LogP contribution in [0.2, 0.25) is 0 Å². The maximum atomic E-state index is 6.06. The summed E-state index contributed by atoms with van der Waals surface area (Å²) < 4.78 is 0. The molecular weight excluding hydrogens is 226 g/mol. The Bertz CT molecular complexity index is 185. The Hall–Kier alpha value is 0.310. The van der Waals surface area contributed by atoms with Gasteiger partial charge in [-0.2, -0.15) is 11.8 Å². The fourth-order valence-electron chi connectivity index (χ4n) is 3.22. The molecule has 0 aromatic heterocycles. The van der Waals surface area contributed by atoms with Gasteiger partial charge in [-0.25, -0.2) is 0 Å². The molecule has 102 valence electrons. The maximum absolute atomic E-state index is 6.06. The highest BCUT2D eigenvalue weighted by Gasteiger charge is 2.33. The molecule has 0 bridgehead atoms. The summed E-state index contributed by atoms with van der Waals surface area (Å²) in [6.07, 6.45) is 14.8. The van der Waals surface area contributed by atoms with Gasteiger partial charge in [0.15, 0.2) is 0 Å². The Morgan fingerprint density at radius 3 is 2.47 bits per heavy atom. The van der Waals surface area contributed by atoms with E-state index >= 15 is 0 Å². The zero-order valence-corrected chi connectivity index (χ0v) is 12.7. The van der Waals surface area contributed by atoms with Crippen molar-refractivity contribution in [1.29, 1.82) is 0 Å². The molecule has 2 heteroatoms. The minimum absolute atomic E-state index is 0.512. The van der Waals surface area contributed by atoms with Crippen molar-refractivity contribution in [3.63, 3.8) is 0 Å². The molecule has 1 fully saturated rings. The van der Waals surface area contributed by atoms with Crippen molar-refractivity contribution in [3.8, 4) is 0 Å². The highest BCUT2D eigenvalue weighted by molar-refractivity contribution is 7.98. The second-order valence-corrected chi connectivity index (χ2v) is 6.87. The van der Waals surface area contributed by atoms with E-state index in [9.17, 15) is 0 Å². The molecule has 0 heterocycles. The molecule has 1 aliphatic rings. The van der Waals surface area contributed by atoms with Crippen LogP contribution in [0, 0.1) is 11.3 Å². The highest BCUT2D eigenvalue weighted by Crippen LogP contribution is 2.43. The van der Waals surface area contributed by atoms with Crippen molar-refractivity contribution in [2.75, 3.05) is 18.6 Å². The van der Waals surface area contributed by atoms with Crippen molar-refractivity contribution >= 4 is 11.8 Å². The maximum Gasteiger partial charge on any atom is -0.00205 e. The molecule has 0 amide bonds. The highest BCUT2D eigenvalue weighted by atomic mass is 32.2. The molecule has 0 aliphatic heterocycles. The Kier molecular flexibility index (Phi) is 7.61. The van der Waals surface area contributed by atoms with E-state index in [1.54, 1.807) is 0 Å². The van der Waals surface area contributed by atoms with Gasteiger partial charge >= 0.3 is 0 Å². The second-order valence-electron chi connectivity index (χ2n) is 5.89. The average Bonchev–Trinajstić information content (AvgIpc) is 2.38. The molecule has 0 radical (unpaired) electrons. The molecule has 0 aromatic carbocycles. The van der Waals surface area contributed by atoms with Gasteiger partial charge in [0.2, 0.25) is 0 Å². The minimum atomic E-state index is 0.512. The van der Waals surface area contributed by atoms with Crippen LogP contribution in [0.4, 0.5) is 0 Å². The largest absolute Gasteiger partial charge is 0.330 e. The first kappa shape index (κ1) is 15.4. The van der Waals surface area contributed by atoms with Crippen LogP contribution in [-0.2, 0) is 0 Å². The molecule has 0 spiro atoms. The normalized spacial score (nSPS) is 29.5. The van der Waals surface area contributed by atoms with Gasteiger partial charge in [0, 0.05) is 0 Å². The topological polar surface area (TPSA) is 26.0 Å². The van der Waals surface area contributed by atoms with E-state index in [2.05, 4.69) is 13.2 Å². The van der Waals surface area contributed by atoms with Crippen molar-refractivity contribution in [2.24, 2.45) is 17.1 Å². The van der Waals surface area contributed by atoms with Crippen LogP contribution >= 0.6 is 11.8 Å². The summed E-state index contributed by atoms with van der Waals surface area (Å²) in [5.74, 6) is 2.32. The second kappa shape index (κ2) is 8.42. The van der Waals surface area contributed by atoms with Crippen LogP contribution in [0.15, 0.2) is 0 Å². The summed E-state index contributed by atoms with van der Waals surface area (Å²) >= 11 is 1.97. The standard InChI is InChI=1S/C15H31NS/c1-3-4-6-14-7-10-15(13-16,11-8-14)9-5-12-17-2/h14H,3-13,16H2,1-2H3. The van der Waals surface area contributed by atoms with Crippen LogP contribution < -0.4 is 5.73 Å². The molecule has 1 saturated carbocycles. The Morgan fingerprint density at radius 2 is 1.94 bits per heavy atom. The number of rotatable bonds is 8. The smallest absolute Gasteiger partial charge is 0.00205 e. The Labute approximate surface area is 112 Å². The predicted molar refractivity (Wildman–Crippen MR) is 80.6 cm³/mol. The SMILES string of the molecule is CCCCC1CCC(CN)(CCCSC)CC1. The molecule has 0 atom stereocenters. The molecule has 1 rings (SSSR count). The first-order chi connectivity index (χ1) is 8.26. The van der Waals surface area contributed by atoms with Gasteiger partial charge in [0.1, 0.15) is 0 Å². The summed E-state index contributed by atoms with van der Waals surface area (Å²) in [7, 11) is 0. The third-order valence-electron chi connectivity index (χ3n) is 4.62. The number of nitrogens with two attached hydrogens (primary N) is 1. The monoisotopic (exact) mass is 257 g/mol.